The first-order valence-electron chi connectivity index (χ1n) is 8.24. The van der Waals surface area contributed by atoms with Crippen molar-refractivity contribution in [3.63, 3.8) is 0 Å². The van der Waals surface area contributed by atoms with Crippen LogP contribution in [0.4, 0.5) is 0 Å². The Labute approximate surface area is 141 Å². The highest BCUT2D eigenvalue weighted by molar-refractivity contribution is 5.93. The zero-order valence-electron chi connectivity index (χ0n) is 14.2. The van der Waals surface area contributed by atoms with E-state index in [9.17, 15) is 9.90 Å². The summed E-state index contributed by atoms with van der Waals surface area (Å²) in [5.74, 6) is 0.0306. The van der Waals surface area contributed by atoms with E-state index in [2.05, 4.69) is 14.9 Å². The topological polar surface area (TPSA) is 88.0 Å². The Morgan fingerprint density at radius 3 is 2.67 bits per heavy atom. The SMILES string of the molecule is COc1cc(C(=O)N2CCC(O)(CN3CCCC3)C2)nc(OC)n1. The summed E-state index contributed by atoms with van der Waals surface area (Å²) >= 11 is 0. The lowest BCUT2D eigenvalue weighted by molar-refractivity contribution is 0.0174. The van der Waals surface area contributed by atoms with E-state index < -0.39 is 5.60 Å². The van der Waals surface area contributed by atoms with Crippen LogP contribution in [0.15, 0.2) is 6.07 Å². The molecule has 0 radical (unpaired) electrons. The van der Waals surface area contributed by atoms with Crippen LogP contribution in [0.25, 0.3) is 0 Å². The number of hydrogen-bond donors (Lipinski definition) is 1. The molecule has 1 aromatic rings. The summed E-state index contributed by atoms with van der Waals surface area (Å²) in [6.07, 6.45) is 2.94. The molecule has 1 aromatic heterocycles. The van der Waals surface area contributed by atoms with Crippen molar-refractivity contribution >= 4 is 5.91 Å². The third kappa shape index (κ3) is 3.59. The van der Waals surface area contributed by atoms with Gasteiger partial charge in [0.25, 0.3) is 5.91 Å². The molecule has 24 heavy (non-hydrogen) atoms. The Balaban J connectivity index is 1.69. The average molecular weight is 336 g/mol. The largest absolute Gasteiger partial charge is 0.481 e. The van der Waals surface area contributed by atoms with Gasteiger partial charge in [-0.15, -0.1) is 0 Å². The summed E-state index contributed by atoms with van der Waals surface area (Å²) < 4.78 is 10.1. The molecule has 0 bridgehead atoms. The van der Waals surface area contributed by atoms with Gasteiger partial charge in [0.1, 0.15) is 5.69 Å². The zero-order chi connectivity index (χ0) is 17.2. The van der Waals surface area contributed by atoms with Crippen molar-refractivity contribution in [2.75, 3.05) is 46.9 Å². The molecule has 0 spiro atoms. The molecule has 0 aliphatic carbocycles. The molecule has 1 atom stereocenters. The molecule has 1 amide bonds. The summed E-state index contributed by atoms with van der Waals surface area (Å²) in [5, 5.41) is 10.8. The minimum absolute atomic E-state index is 0.0872. The zero-order valence-corrected chi connectivity index (χ0v) is 14.2. The van der Waals surface area contributed by atoms with Gasteiger partial charge in [-0.3, -0.25) is 4.79 Å². The molecule has 2 saturated heterocycles. The number of amides is 1. The maximum Gasteiger partial charge on any atom is 0.320 e. The van der Waals surface area contributed by atoms with Crippen molar-refractivity contribution in [2.24, 2.45) is 0 Å². The molecular formula is C16H24N4O4. The van der Waals surface area contributed by atoms with E-state index in [4.69, 9.17) is 9.47 Å². The van der Waals surface area contributed by atoms with Crippen LogP contribution in [0.5, 0.6) is 11.9 Å². The van der Waals surface area contributed by atoms with Gasteiger partial charge in [-0.2, -0.15) is 9.97 Å². The van der Waals surface area contributed by atoms with Gasteiger partial charge in [-0.1, -0.05) is 0 Å². The standard InChI is InChI=1S/C16H24N4O4/c1-23-13-9-12(17-15(18-13)24-2)14(21)20-8-5-16(22,11-20)10-19-6-3-4-7-19/h9,22H,3-8,10-11H2,1-2H3. The van der Waals surface area contributed by atoms with Crippen molar-refractivity contribution in [2.45, 2.75) is 24.9 Å². The van der Waals surface area contributed by atoms with E-state index in [0.29, 0.717) is 26.1 Å². The third-order valence-corrected chi connectivity index (χ3v) is 4.63. The summed E-state index contributed by atoms with van der Waals surface area (Å²) in [7, 11) is 2.91. The van der Waals surface area contributed by atoms with Crippen molar-refractivity contribution in [1.82, 2.24) is 19.8 Å². The Hall–Kier alpha value is -1.93. The molecule has 2 aliphatic heterocycles. The number of aliphatic hydroxyl groups is 1. The van der Waals surface area contributed by atoms with Crippen LogP contribution in [-0.2, 0) is 0 Å². The fourth-order valence-corrected chi connectivity index (χ4v) is 3.39. The Morgan fingerprint density at radius 1 is 1.25 bits per heavy atom. The number of methoxy groups -OCH3 is 2. The molecule has 0 aromatic carbocycles. The molecule has 8 heteroatoms. The predicted octanol–water partition coefficient (Wildman–Crippen LogP) is 0.167. The number of rotatable bonds is 5. The molecule has 0 saturated carbocycles. The summed E-state index contributed by atoms with van der Waals surface area (Å²) in [5.41, 5.74) is -0.634. The number of β-amino-alcohol motifs (C(OH)–C–C–N with tert-alkyl or cyclic N) is 1. The number of carbonyl (C=O) groups is 1. The first-order chi connectivity index (χ1) is 11.5. The number of carbonyl (C=O) groups excluding carboxylic acids is 1. The van der Waals surface area contributed by atoms with Crippen LogP contribution in [0, 0.1) is 0 Å². The maximum absolute atomic E-state index is 12.7. The van der Waals surface area contributed by atoms with Crippen molar-refractivity contribution < 1.29 is 19.4 Å². The summed E-state index contributed by atoms with van der Waals surface area (Å²) in [6, 6.07) is 1.58. The number of nitrogens with zero attached hydrogens (tertiary/aromatic N) is 4. The monoisotopic (exact) mass is 336 g/mol. The summed E-state index contributed by atoms with van der Waals surface area (Å²) in [6.45, 7) is 3.50. The second-order valence-corrected chi connectivity index (χ2v) is 6.47. The van der Waals surface area contributed by atoms with Crippen LogP contribution in [0.3, 0.4) is 0 Å². The molecular weight excluding hydrogens is 312 g/mol. The van der Waals surface area contributed by atoms with Gasteiger partial charge in [0.2, 0.25) is 5.88 Å². The minimum atomic E-state index is -0.846. The van der Waals surface area contributed by atoms with E-state index in [1.165, 1.54) is 33.1 Å². The molecule has 2 aliphatic rings. The Bertz CT molecular complexity index is 583. The number of ether oxygens (including phenoxy) is 2. The van der Waals surface area contributed by atoms with Gasteiger partial charge in [-0.25, -0.2) is 0 Å². The lowest BCUT2D eigenvalue weighted by Crippen LogP contribution is -2.45. The first kappa shape index (κ1) is 16.9. The lowest BCUT2D eigenvalue weighted by atomic mass is 10.0. The molecule has 3 heterocycles. The normalized spacial score (nSPS) is 24.4. The quantitative estimate of drug-likeness (QED) is 0.820. The highest BCUT2D eigenvalue weighted by Crippen LogP contribution is 2.26. The molecule has 8 nitrogen and oxygen atoms in total. The Morgan fingerprint density at radius 2 is 2.00 bits per heavy atom. The van der Waals surface area contributed by atoms with E-state index in [1.54, 1.807) is 4.90 Å². The predicted molar refractivity (Wildman–Crippen MR) is 86.3 cm³/mol. The molecule has 1 unspecified atom stereocenters. The fraction of sp³-hybridized carbons (Fsp3) is 0.688. The summed E-state index contributed by atoms with van der Waals surface area (Å²) in [4.78, 5) is 24.7. The van der Waals surface area contributed by atoms with Crippen LogP contribution >= 0.6 is 0 Å². The van der Waals surface area contributed by atoms with Gasteiger partial charge < -0.3 is 24.4 Å². The van der Waals surface area contributed by atoms with Crippen LogP contribution in [-0.4, -0.2) is 83.3 Å². The lowest BCUT2D eigenvalue weighted by Gasteiger charge is -2.28. The van der Waals surface area contributed by atoms with Gasteiger partial charge in [-0.05, 0) is 32.4 Å². The van der Waals surface area contributed by atoms with Gasteiger partial charge in [0, 0.05) is 19.2 Å². The van der Waals surface area contributed by atoms with E-state index >= 15 is 0 Å². The van der Waals surface area contributed by atoms with Crippen molar-refractivity contribution in [3.05, 3.63) is 11.8 Å². The second-order valence-electron chi connectivity index (χ2n) is 6.47. The third-order valence-electron chi connectivity index (χ3n) is 4.63. The van der Waals surface area contributed by atoms with Crippen molar-refractivity contribution in [1.29, 1.82) is 0 Å². The molecule has 1 N–H and O–H groups in total. The van der Waals surface area contributed by atoms with Crippen LogP contribution in [0.2, 0.25) is 0 Å². The smallest absolute Gasteiger partial charge is 0.320 e. The van der Waals surface area contributed by atoms with Gasteiger partial charge in [0.15, 0.2) is 0 Å². The fourth-order valence-electron chi connectivity index (χ4n) is 3.39. The van der Waals surface area contributed by atoms with E-state index in [1.807, 2.05) is 0 Å². The average Bonchev–Trinajstić information content (AvgIpc) is 3.23. The maximum atomic E-state index is 12.7. The minimum Gasteiger partial charge on any atom is -0.481 e. The number of hydrogen-bond acceptors (Lipinski definition) is 7. The second kappa shape index (κ2) is 6.90. The van der Waals surface area contributed by atoms with E-state index in [-0.39, 0.29) is 23.5 Å². The number of aromatic nitrogens is 2. The van der Waals surface area contributed by atoms with Gasteiger partial charge >= 0.3 is 6.01 Å². The first-order valence-corrected chi connectivity index (χ1v) is 8.24. The van der Waals surface area contributed by atoms with Gasteiger partial charge in [0.05, 0.1) is 26.4 Å². The van der Waals surface area contributed by atoms with Crippen LogP contribution < -0.4 is 9.47 Å². The number of likely N-dealkylation sites (tertiary alicyclic amines) is 2. The van der Waals surface area contributed by atoms with Crippen molar-refractivity contribution in [3.8, 4) is 11.9 Å². The Kier molecular flexibility index (Phi) is 4.86. The van der Waals surface area contributed by atoms with Crippen LogP contribution in [0.1, 0.15) is 29.8 Å². The van der Waals surface area contributed by atoms with E-state index in [0.717, 1.165) is 13.1 Å². The molecule has 132 valence electrons. The highest BCUT2D eigenvalue weighted by Gasteiger charge is 2.40. The molecule has 3 rings (SSSR count). The molecule has 2 fully saturated rings. The highest BCUT2D eigenvalue weighted by atomic mass is 16.5.